The summed E-state index contributed by atoms with van der Waals surface area (Å²) in [7, 11) is 1.96. The molecule has 106 valence electrons. The Labute approximate surface area is 121 Å². The molecule has 2 heteroatoms. The fourth-order valence-electron chi connectivity index (χ4n) is 2.15. The van der Waals surface area contributed by atoms with Crippen molar-refractivity contribution >= 4 is 0 Å². The molecule has 0 aliphatic heterocycles. The number of para-hydroxylation sites is 1. The molecule has 20 heavy (non-hydrogen) atoms. The number of hydrogen-bond donors (Lipinski definition) is 1. The summed E-state index contributed by atoms with van der Waals surface area (Å²) >= 11 is 0. The normalized spacial score (nSPS) is 12.4. The SMILES string of the molecule is CNC(C)c1ccccc1Oc1cccc(C(C)C)c1. The van der Waals surface area contributed by atoms with Gasteiger partial charge in [0.2, 0.25) is 0 Å². The van der Waals surface area contributed by atoms with Crippen LogP contribution in [-0.4, -0.2) is 7.05 Å². The first-order valence-corrected chi connectivity index (χ1v) is 7.16. The Balaban J connectivity index is 2.28. The van der Waals surface area contributed by atoms with Crippen molar-refractivity contribution in [3.05, 3.63) is 59.7 Å². The van der Waals surface area contributed by atoms with E-state index in [-0.39, 0.29) is 6.04 Å². The van der Waals surface area contributed by atoms with E-state index in [4.69, 9.17) is 4.74 Å². The summed E-state index contributed by atoms with van der Waals surface area (Å²) in [5.41, 5.74) is 2.46. The van der Waals surface area contributed by atoms with E-state index in [1.165, 1.54) is 11.1 Å². The molecule has 1 atom stereocenters. The lowest BCUT2D eigenvalue weighted by Gasteiger charge is -2.17. The molecule has 0 fully saturated rings. The minimum absolute atomic E-state index is 0.263. The van der Waals surface area contributed by atoms with Crippen molar-refractivity contribution in [2.45, 2.75) is 32.7 Å². The fourth-order valence-corrected chi connectivity index (χ4v) is 2.15. The molecule has 0 spiro atoms. The molecular weight excluding hydrogens is 246 g/mol. The molecule has 2 aromatic rings. The molecular formula is C18H23NO. The largest absolute Gasteiger partial charge is 0.457 e. The quantitative estimate of drug-likeness (QED) is 0.835. The van der Waals surface area contributed by atoms with E-state index in [1.807, 2.05) is 31.3 Å². The number of hydrogen-bond acceptors (Lipinski definition) is 2. The molecule has 0 saturated heterocycles. The molecule has 0 aromatic heterocycles. The highest BCUT2D eigenvalue weighted by Gasteiger charge is 2.10. The van der Waals surface area contributed by atoms with Crippen LogP contribution in [0.15, 0.2) is 48.5 Å². The molecule has 0 amide bonds. The Morgan fingerprint density at radius 3 is 2.40 bits per heavy atom. The standard InChI is InChI=1S/C18H23NO/c1-13(2)15-8-7-9-16(12-15)20-18-11-6-5-10-17(18)14(3)19-4/h5-14,19H,1-4H3. The van der Waals surface area contributed by atoms with E-state index < -0.39 is 0 Å². The molecule has 1 N–H and O–H groups in total. The highest BCUT2D eigenvalue weighted by Crippen LogP contribution is 2.30. The van der Waals surface area contributed by atoms with Crippen LogP contribution < -0.4 is 10.1 Å². The van der Waals surface area contributed by atoms with Gasteiger partial charge < -0.3 is 10.1 Å². The summed E-state index contributed by atoms with van der Waals surface area (Å²) < 4.78 is 6.08. The summed E-state index contributed by atoms with van der Waals surface area (Å²) in [5.74, 6) is 2.31. The van der Waals surface area contributed by atoms with Crippen LogP contribution in [0.1, 0.15) is 43.9 Å². The van der Waals surface area contributed by atoms with Gasteiger partial charge >= 0.3 is 0 Å². The molecule has 0 aliphatic carbocycles. The molecule has 0 heterocycles. The van der Waals surface area contributed by atoms with Crippen LogP contribution in [0.25, 0.3) is 0 Å². The second-order valence-corrected chi connectivity index (χ2v) is 5.38. The van der Waals surface area contributed by atoms with E-state index in [0.29, 0.717) is 5.92 Å². The van der Waals surface area contributed by atoms with Crippen molar-refractivity contribution in [3.8, 4) is 11.5 Å². The van der Waals surface area contributed by atoms with Crippen molar-refractivity contribution in [2.24, 2.45) is 0 Å². The van der Waals surface area contributed by atoms with Gasteiger partial charge in [0.15, 0.2) is 0 Å². The van der Waals surface area contributed by atoms with Crippen molar-refractivity contribution in [1.82, 2.24) is 5.32 Å². The third-order valence-electron chi connectivity index (χ3n) is 3.57. The zero-order chi connectivity index (χ0) is 14.5. The van der Waals surface area contributed by atoms with Crippen LogP contribution in [0.4, 0.5) is 0 Å². The van der Waals surface area contributed by atoms with Crippen molar-refractivity contribution in [3.63, 3.8) is 0 Å². The Kier molecular flexibility index (Phi) is 4.80. The van der Waals surface area contributed by atoms with Crippen LogP contribution in [-0.2, 0) is 0 Å². The van der Waals surface area contributed by atoms with Crippen LogP contribution in [0.5, 0.6) is 11.5 Å². The second-order valence-electron chi connectivity index (χ2n) is 5.38. The number of benzene rings is 2. The average Bonchev–Trinajstić information content (AvgIpc) is 2.47. The lowest BCUT2D eigenvalue weighted by Crippen LogP contribution is -2.13. The maximum atomic E-state index is 6.08. The van der Waals surface area contributed by atoms with Gasteiger partial charge in [-0.3, -0.25) is 0 Å². The molecule has 2 aromatic carbocycles. The van der Waals surface area contributed by atoms with E-state index >= 15 is 0 Å². The van der Waals surface area contributed by atoms with Gasteiger partial charge in [0.05, 0.1) is 0 Å². The molecule has 1 unspecified atom stereocenters. The van der Waals surface area contributed by atoms with Gasteiger partial charge in [0.25, 0.3) is 0 Å². The van der Waals surface area contributed by atoms with Crippen LogP contribution in [0.2, 0.25) is 0 Å². The van der Waals surface area contributed by atoms with Gasteiger partial charge in [-0.15, -0.1) is 0 Å². The third kappa shape index (κ3) is 3.40. The van der Waals surface area contributed by atoms with Gasteiger partial charge in [-0.1, -0.05) is 44.2 Å². The van der Waals surface area contributed by atoms with E-state index in [9.17, 15) is 0 Å². The molecule has 0 bridgehead atoms. The van der Waals surface area contributed by atoms with Crippen LogP contribution in [0.3, 0.4) is 0 Å². The summed E-state index contributed by atoms with van der Waals surface area (Å²) in [5, 5.41) is 3.26. The van der Waals surface area contributed by atoms with Crippen molar-refractivity contribution < 1.29 is 4.74 Å². The molecule has 0 aliphatic rings. The van der Waals surface area contributed by atoms with Gasteiger partial charge in [-0.05, 0) is 43.7 Å². The van der Waals surface area contributed by atoms with Crippen molar-refractivity contribution in [2.75, 3.05) is 7.05 Å². The highest BCUT2D eigenvalue weighted by atomic mass is 16.5. The number of ether oxygens (including phenoxy) is 1. The Bertz CT molecular complexity index is 563. The topological polar surface area (TPSA) is 21.3 Å². The van der Waals surface area contributed by atoms with E-state index in [1.54, 1.807) is 0 Å². The van der Waals surface area contributed by atoms with Crippen LogP contribution in [0, 0.1) is 0 Å². The summed E-state index contributed by atoms with van der Waals surface area (Å²) in [6, 6.07) is 16.7. The zero-order valence-electron chi connectivity index (χ0n) is 12.7. The first kappa shape index (κ1) is 14.6. The molecule has 0 saturated carbocycles. The number of rotatable bonds is 5. The molecule has 2 rings (SSSR count). The van der Waals surface area contributed by atoms with Gasteiger partial charge in [-0.25, -0.2) is 0 Å². The van der Waals surface area contributed by atoms with E-state index in [2.05, 4.69) is 50.4 Å². The minimum Gasteiger partial charge on any atom is -0.457 e. The monoisotopic (exact) mass is 269 g/mol. The Morgan fingerprint density at radius 1 is 0.950 bits per heavy atom. The molecule has 0 radical (unpaired) electrons. The highest BCUT2D eigenvalue weighted by molar-refractivity contribution is 5.40. The predicted molar refractivity (Wildman–Crippen MR) is 84.5 cm³/mol. The smallest absolute Gasteiger partial charge is 0.132 e. The number of nitrogens with one attached hydrogen (secondary N) is 1. The average molecular weight is 269 g/mol. The summed E-state index contributed by atoms with van der Waals surface area (Å²) in [4.78, 5) is 0. The van der Waals surface area contributed by atoms with Crippen LogP contribution >= 0.6 is 0 Å². The third-order valence-corrected chi connectivity index (χ3v) is 3.57. The Morgan fingerprint density at radius 2 is 1.70 bits per heavy atom. The first-order valence-electron chi connectivity index (χ1n) is 7.16. The maximum Gasteiger partial charge on any atom is 0.132 e. The van der Waals surface area contributed by atoms with Gasteiger partial charge in [0, 0.05) is 11.6 Å². The summed E-state index contributed by atoms with van der Waals surface area (Å²) in [6.45, 7) is 6.51. The maximum absolute atomic E-state index is 6.08. The zero-order valence-corrected chi connectivity index (χ0v) is 12.7. The lowest BCUT2D eigenvalue weighted by molar-refractivity contribution is 0.465. The van der Waals surface area contributed by atoms with E-state index in [0.717, 1.165) is 11.5 Å². The Hall–Kier alpha value is -1.80. The van der Waals surface area contributed by atoms with Gasteiger partial charge in [-0.2, -0.15) is 0 Å². The first-order chi connectivity index (χ1) is 9.61. The lowest BCUT2D eigenvalue weighted by atomic mass is 10.0. The fraction of sp³-hybridized carbons (Fsp3) is 0.333. The minimum atomic E-state index is 0.263. The van der Waals surface area contributed by atoms with Gasteiger partial charge in [0.1, 0.15) is 11.5 Å². The molecule has 2 nitrogen and oxygen atoms in total. The summed E-state index contributed by atoms with van der Waals surface area (Å²) in [6.07, 6.45) is 0. The van der Waals surface area contributed by atoms with Crippen molar-refractivity contribution in [1.29, 1.82) is 0 Å². The second kappa shape index (κ2) is 6.58. The predicted octanol–water partition coefficient (Wildman–Crippen LogP) is 4.88.